The van der Waals surface area contributed by atoms with Crippen LogP contribution in [-0.4, -0.2) is 6.67 Å². The summed E-state index contributed by atoms with van der Waals surface area (Å²) in [6.45, 7) is -0.575. The topological polar surface area (TPSA) is 0 Å². The molecule has 1 aromatic carbocycles. The maximum Gasteiger partial charge on any atom is 0.150 e. The Morgan fingerprint density at radius 2 is 1.90 bits per heavy atom. The summed E-state index contributed by atoms with van der Waals surface area (Å²) in [5, 5.41) is 0. The first-order valence-corrected chi connectivity index (χ1v) is 3.03. The molecule has 0 radical (unpaired) electrons. The van der Waals surface area contributed by atoms with Crippen LogP contribution in [0.2, 0.25) is 0 Å². The SMILES string of the molecule is FCC#Cc1ccccc1. The van der Waals surface area contributed by atoms with Crippen LogP contribution in [0.4, 0.5) is 4.39 Å². The van der Waals surface area contributed by atoms with Crippen molar-refractivity contribution in [3.05, 3.63) is 35.9 Å². The van der Waals surface area contributed by atoms with Crippen molar-refractivity contribution in [2.45, 2.75) is 0 Å². The third-order valence-corrected chi connectivity index (χ3v) is 1.07. The van der Waals surface area contributed by atoms with Gasteiger partial charge in [-0.1, -0.05) is 30.0 Å². The van der Waals surface area contributed by atoms with Gasteiger partial charge in [-0.15, -0.1) is 0 Å². The zero-order valence-corrected chi connectivity index (χ0v) is 5.47. The molecule has 0 nitrogen and oxygen atoms in total. The summed E-state index contributed by atoms with van der Waals surface area (Å²) in [5.74, 6) is 5.02. The normalized spacial score (nSPS) is 8.10. The van der Waals surface area contributed by atoms with Crippen LogP contribution in [0.1, 0.15) is 5.56 Å². The average Bonchev–Trinajstić information content (AvgIpc) is 2.03. The van der Waals surface area contributed by atoms with E-state index in [0.29, 0.717) is 0 Å². The molecule has 0 aromatic heterocycles. The summed E-state index contributed by atoms with van der Waals surface area (Å²) in [6.07, 6.45) is 0. The molecule has 1 heteroatoms. The van der Waals surface area contributed by atoms with E-state index < -0.39 is 6.67 Å². The average molecular weight is 134 g/mol. The molecule has 0 N–H and O–H groups in total. The minimum atomic E-state index is -0.575. The lowest BCUT2D eigenvalue weighted by molar-refractivity contribution is 0.573. The van der Waals surface area contributed by atoms with Crippen LogP contribution in [0.15, 0.2) is 30.3 Å². The summed E-state index contributed by atoms with van der Waals surface area (Å²) in [4.78, 5) is 0. The van der Waals surface area contributed by atoms with E-state index in [1.165, 1.54) is 0 Å². The van der Waals surface area contributed by atoms with E-state index in [2.05, 4.69) is 11.8 Å². The molecule has 1 rings (SSSR count). The van der Waals surface area contributed by atoms with E-state index >= 15 is 0 Å². The van der Waals surface area contributed by atoms with Gasteiger partial charge in [-0.05, 0) is 12.1 Å². The van der Waals surface area contributed by atoms with E-state index in [1.54, 1.807) is 0 Å². The fourth-order valence-electron chi connectivity index (χ4n) is 0.657. The Hall–Kier alpha value is -1.29. The number of halogens is 1. The van der Waals surface area contributed by atoms with E-state index in [-0.39, 0.29) is 0 Å². The Morgan fingerprint density at radius 1 is 1.20 bits per heavy atom. The van der Waals surface area contributed by atoms with Gasteiger partial charge in [0.1, 0.15) is 0 Å². The number of benzene rings is 1. The molecule has 0 fully saturated rings. The predicted molar refractivity (Wildman–Crippen MR) is 39.3 cm³/mol. The maximum atomic E-state index is 11.5. The van der Waals surface area contributed by atoms with E-state index in [1.807, 2.05) is 30.3 Å². The molecule has 0 aliphatic rings. The van der Waals surface area contributed by atoms with Crippen molar-refractivity contribution in [1.29, 1.82) is 0 Å². The van der Waals surface area contributed by atoms with Gasteiger partial charge in [-0.25, -0.2) is 4.39 Å². The van der Waals surface area contributed by atoms with Crippen molar-refractivity contribution in [2.24, 2.45) is 0 Å². The standard InChI is InChI=1S/C9H7F/c10-8-4-7-9-5-2-1-3-6-9/h1-3,5-6H,8H2. The third kappa shape index (κ3) is 1.91. The Kier molecular flexibility index (Phi) is 2.51. The monoisotopic (exact) mass is 134 g/mol. The summed E-state index contributed by atoms with van der Waals surface area (Å²) in [5.41, 5.74) is 0.861. The summed E-state index contributed by atoms with van der Waals surface area (Å²) in [6, 6.07) is 9.36. The largest absolute Gasteiger partial charge is 0.237 e. The molecule has 0 saturated carbocycles. The fourth-order valence-corrected chi connectivity index (χ4v) is 0.657. The molecule has 0 heterocycles. The van der Waals surface area contributed by atoms with Crippen molar-refractivity contribution in [1.82, 2.24) is 0 Å². The Bertz CT molecular complexity index is 240. The number of hydrogen-bond acceptors (Lipinski definition) is 0. The Labute approximate surface area is 59.7 Å². The molecule has 10 heavy (non-hydrogen) atoms. The molecule has 0 amide bonds. The summed E-state index contributed by atoms with van der Waals surface area (Å²) < 4.78 is 11.5. The van der Waals surface area contributed by atoms with E-state index in [9.17, 15) is 4.39 Å². The zero-order chi connectivity index (χ0) is 7.23. The first-order chi connectivity index (χ1) is 4.93. The van der Waals surface area contributed by atoms with Crippen molar-refractivity contribution >= 4 is 0 Å². The van der Waals surface area contributed by atoms with Gasteiger partial charge >= 0.3 is 0 Å². The number of rotatable bonds is 0. The molecular weight excluding hydrogens is 127 g/mol. The van der Waals surface area contributed by atoms with E-state index in [0.717, 1.165) is 5.56 Å². The second-order valence-electron chi connectivity index (χ2n) is 1.80. The second-order valence-corrected chi connectivity index (χ2v) is 1.80. The minimum Gasteiger partial charge on any atom is -0.237 e. The van der Waals surface area contributed by atoms with Gasteiger partial charge in [0.25, 0.3) is 0 Å². The fraction of sp³-hybridized carbons (Fsp3) is 0.111. The van der Waals surface area contributed by atoms with Crippen molar-refractivity contribution in [3.63, 3.8) is 0 Å². The van der Waals surface area contributed by atoms with Crippen LogP contribution in [0, 0.1) is 11.8 Å². The highest BCUT2D eigenvalue weighted by Gasteiger charge is 1.78. The molecule has 0 atom stereocenters. The second kappa shape index (κ2) is 3.68. The van der Waals surface area contributed by atoms with E-state index in [4.69, 9.17) is 0 Å². The highest BCUT2D eigenvalue weighted by Crippen LogP contribution is 1.94. The number of alkyl halides is 1. The molecular formula is C9H7F. The molecule has 0 aliphatic carbocycles. The van der Waals surface area contributed by atoms with Crippen LogP contribution < -0.4 is 0 Å². The third-order valence-electron chi connectivity index (χ3n) is 1.07. The van der Waals surface area contributed by atoms with Crippen LogP contribution >= 0.6 is 0 Å². The molecule has 0 saturated heterocycles. The van der Waals surface area contributed by atoms with Gasteiger partial charge in [0.2, 0.25) is 0 Å². The van der Waals surface area contributed by atoms with Gasteiger partial charge in [-0.2, -0.15) is 0 Å². The lowest BCUT2D eigenvalue weighted by Gasteiger charge is -1.83. The number of hydrogen-bond donors (Lipinski definition) is 0. The zero-order valence-electron chi connectivity index (χ0n) is 5.47. The quantitative estimate of drug-likeness (QED) is 0.476. The Morgan fingerprint density at radius 3 is 2.50 bits per heavy atom. The highest BCUT2D eigenvalue weighted by molar-refractivity contribution is 5.33. The van der Waals surface area contributed by atoms with Gasteiger partial charge < -0.3 is 0 Å². The van der Waals surface area contributed by atoms with Crippen molar-refractivity contribution < 1.29 is 4.39 Å². The molecule has 50 valence electrons. The lowest BCUT2D eigenvalue weighted by Crippen LogP contribution is -1.70. The van der Waals surface area contributed by atoms with Crippen LogP contribution in [0.5, 0.6) is 0 Å². The van der Waals surface area contributed by atoms with Crippen molar-refractivity contribution in [3.8, 4) is 11.8 Å². The molecule has 0 bridgehead atoms. The Balaban J connectivity index is 2.76. The first kappa shape index (κ1) is 6.82. The smallest absolute Gasteiger partial charge is 0.150 e. The predicted octanol–water partition coefficient (Wildman–Crippen LogP) is 2.01. The highest BCUT2D eigenvalue weighted by atomic mass is 19.1. The summed E-state index contributed by atoms with van der Waals surface area (Å²) >= 11 is 0. The molecule has 0 spiro atoms. The minimum absolute atomic E-state index is 0.575. The van der Waals surface area contributed by atoms with Crippen LogP contribution in [0.3, 0.4) is 0 Å². The van der Waals surface area contributed by atoms with Crippen LogP contribution in [0.25, 0.3) is 0 Å². The van der Waals surface area contributed by atoms with Crippen molar-refractivity contribution in [2.75, 3.05) is 6.67 Å². The van der Waals surface area contributed by atoms with Crippen LogP contribution in [-0.2, 0) is 0 Å². The lowest BCUT2D eigenvalue weighted by atomic mass is 10.2. The molecule has 0 aliphatic heterocycles. The first-order valence-electron chi connectivity index (χ1n) is 3.03. The molecule has 0 unspecified atom stereocenters. The maximum absolute atomic E-state index is 11.5. The molecule has 1 aromatic rings. The van der Waals surface area contributed by atoms with Gasteiger partial charge in [0, 0.05) is 5.56 Å². The van der Waals surface area contributed by atoms with Gasteiger partial charge in [-0.3, -0.25) is 0 Å². The summed E-state index contributed by atoms with van der Waals surface area (Å²) in [7, 11) is 0. The van der Waals surface area contributed by atoms with Gasteiger partial charge in [0.15, 0.2) is 6.67 Å². The van der Waals surface area contributed by atoms with Gasteiger partial charge in [0.05, 0.1) is 0 Å².